The Kier molecular flexibility index (Phi) is 12.9. The third kappa shape index (κ3) is 13.6. The number of hydrogen-bond acceptors (Lipinski definition) is 11. The van der Waals surface area contributed by atoms with Gasteiger partial charge in [0, 0.05) is 72.0 Å². The lowest BCUT2D eigenvalue weighted by Crippen LogP contribution is -2.55. The Morgan fingerprint density at radius 2 is 1.06 bits per heavy atom. The SMILES string of the molecule is NC(CS(=O)(=O)O)N1CCN(CCO)CC1.O=S(=O)(O)CCN1CCN(CCO)CC1. The van der Waals surface area contributed by atoms with Crippen LogP contribution >= 0.6 is 0 Å². The molecule has 2 rings (SSSR count). The van der Waals surface area contributed by atoms with E-state index in [1.807, 2.05) is 9.80 Å². The van der Waals surface area contributed by atoms with Crippen LogP contribution in [0.2, 0.25) is 0 Å². The molecule has 0 bridgehead atoms. The summed E-state index contributed by atoms with van der Waals surface area (Å²) < 4.78 is 59.6. The molecule has 2 aliphatic rings. The number of aliphatic hydroxyl groups is 2. The van der Waals surface area contributed by atoms with Crippen LogP contribution in [0, 0.1) is 0 Å². The summed E-state index contributed by atoms with van der Waals surface area (Å²) in [6, 6.07) is 0. The first kappa shape index (κ1) is 28.6. The molecule has 31 heavy (non-hydrogen) atoms. The van der Waals surface area contributed by atoms with Crippen LogP contribution in [-0.4, -0.2) is 159 Å². The van der Waals surface area contributed by atoms with E-state index in [-0.39, 0.29) is 19.0 Å². The number of aliphatic hydroxyl groups excluding tert-OH is 2. The van der Waals surface area contributed by atoms with Gasteiger partial charge in [-0.05, 0) is 0 Å². The smallest absolute Gasteiger partial charge is 0.267 e. The number of piperazine rings is 2. The van der Waals surface area contributed by atoms with Crippen molar-refractivity contribution in [3.63, 3.8) is 0 Å². The quantitative estimate of drug-likeness (QED) is 0.188. The predicted molar refractivity (Wildman–Crippen MR) is 116 cm³/mol. The van der Waals surface area contributed by atoms with E-state index in [2.05, 4.69) is 9.80 Å². The van der Waals surface area contributed by atoms with E-state index in [1.54, 1.807) is 0 Å². The van der Waals surface area contributed by atoms with E-state index in [9.17, 15) is 16.8 Å². The van der Waals surface area contributed by atoms with Crippen molar-refractivity contribution in [2.75, 3.05) is 96.7 Å². The molecule has 0 amide bonds. The molecule has 0 aromatic rings. The highest BCUT2D eigenvalue weighted by molar-refractivity contribution is 7.86. The summed E-state index contributed by atoms with van der Waals surface area (Å²) >= 11 is 0. The van der Waals surface area contributed by atoms with E-state index >= 15 is 0 Å². The monoisotopic (exact) mass is 491 g/mol. The molecular weight excluding hydrogens is 454 g/mol. The van der Waals surface area contributed by atoms with Gasteiger partial charge in [-0.3, -0.25) is 28.7 Å². The van der Waals surface area contributed by atoms with Gasteiger partial charge >= 0.3 is 0 Å². The summed E-state index contributed by atoms with van der Waals surface area (Å²) in [5.74, 6) is -0.639. The second-order valence-corrected chi connectivity index (χ2v) is 10.7. The van der Waals surface area contributed by atoms with Crippen molar-refractivity contribution in [2.45, 2.75) is 6.17 Å². The number of nitrogens with zero attached hydrogens (tertiary/aromatic N) is 4. The number of β-amino-alcohol motifs (C(OH)–C–C–N with tert-alkyl or cyclic N) is 2. The number of rotatable bonds is 10. The first-order valence-electron chi connectivity index (χ1n) is 10.2. The lowest BCUT2D eigenvalue weighted by Gasteiger charge is -2.37. The zero-order valence-electron chi connectivity index (χ0n) is 17.8. The van der Waals surface area contributed by atoms with Crippen molar-refractivity contribution in [1.29, 1.82) is 0 Å². The first-order chi connectivity index (χ1) is 14.4. The molecule has 0 aromatic heterocycles. The van der Waals surface area contributed by atoms with Gasteiger partial charge in [-0.1, -0.05) is 0 Å². The average molecular weight is 492 g/mol. The van der Waals surface area contributed by atoms with Gasteiger partial charge in [0.05, 0.1) is 25.1 Å². The molecule has 1 atom stereocenters. The fourth-order valence-electron chi connectivity index (χ4n) is 3.40. The zero-order chi connectivity index (χ0) is 23.5. The molecular formula is C16H37N5O8S2. The van der Waals surface area contributed by atoms with Crippen molar-refractivity contribution >= 4 is 20.2 Å². The van der Waals surface area contributed by atoms with Gasteiger partial charge in [-0.15, -0.1) is 0 Å². The second kappa shape index (κ2) is 13.9. The maximum atomic E-state index is 10.7. The largest absolute Gasteiger partial charge is 0.395 e. The van der Waals surface area contributed by atoms with Gasteiger partial charge in [0.15, 0.2) is 0 Å². The minimum absolute atomic E-state index is 0.122. The molecule has 0 radical (unpaired) electrons. The normalized spacial score (nSPS) is 21.5. The maximum absolute atomic E-state index is 10.7. The van der Waals surface area contributed by atoms with Crippen LogP contribution in [0.5, 0.6) is 0 Å². The minimum Gasteiger partial charge on any atom is -0.395 e. The molecule has 6 N–H and O–H groups in total. The molecule has 2 saturated heterocycles. The highest BCUT2D eigenvalue weighted by Crippen LogP contribution is 2.05. The molecule has 0 saturated carbocycles. The van der Waals surface area contributed by atoms with Crippen molar-refractivity contribution in [3.05, 3.63) is 0 Å². The van der Waals surface area contributed by atoms with E-state index in [1.165, 1.54) is 0 Å². The fourth-order valence-corrected chi connectivity index (χ4v) is 4.53. The Labute approximate surface area is 184 Å². The predicted octanol–water partition coefficient (Wildman–Crippen LogP) is -3.75. The molecule has 2 heterocycles. The topological polar surface area (TPSA) is 188 Å². The lowest BCUT2D eigenvalue weighted by atomic mass is 10.3. The molecule has 0 aromatic carbocycles. The Morgan fingerprint density at radius 1 is 0.677 bits per heavy atom. The molecule has 0 spiro atoms. The Bertz CT molecular complexity index is 693. The van der Waals surface area contributed by atoms with Crippen LogP contribution in [0.3, 0.4) is 0 Å². The molecule has 13 nitrogen and oxygen atoms in total. The van der Waals surface area contributed by atoms with Crippen LogP contribution < -0.4 is 5.73 Å². The highest BCUT2D eigenvalue weighted by atomic mass is 32.2. The molecule has 2 fully saturated rings. The highest BCUT2D eigenvalue weighted by Gasteiger charge is 2.24. The Morgan fingerprint density at radius 3 is 1.42 bits per heavy atom. The first-order valence-corrected chi connectivity index (χ1v) is 13.4. The van der Waals surface area contributed by atoms with Gasteiger partial charge in [-0.25, -0.2) is 0 Å². The van der Waals surface area contributed by atoms with Crippen LogP contribution in [0.4, 0.5) is 0 Å². The third-order valence-corrected chi connectivity index (χ3v) is 6.68. The second-order valence-electron chi connectivity index (χ2n) is 7.61. The van der Waals surface area contributed by atoms with Gasteiger partial charge < -0.3 is 15.9 Å². The fraction of sp³-hybridized carbons (Fsp3) is 1.00. The lowest BCUT2D eigenvalue weighted by molar-refractivity contribution is 0.0910. The average Bonchev–Trinajstić information content (AvgIpc) is 2.67. The van der Waals surface area contributed by atoms with Crippen LogP contribution in [0.1, 0.15) is 0 Å². The summed E-state index contributed by atoms with van der Waals surface area (Å²) in [4.78, 5) is 8.03. The standard InChI is InChI=1S/C8H19N3O4S.C8H18N2O4S/c9-8(7-16(13,14)15)11-3-1-10(2-4-11)5-6-12;11-7-5-9-1-3-10(4-2-9)6-8-15(12,13)14/h8,12H,1-7,9H2,(H,13,14,15);11H,1-8H2,(H,12,13,14). The van der Waals surface area contributed by atoms with E-state index in [0.717, 1.165) is 39.3 Å². The van der Waals surface area contributed by atoms with Gasteiger partial charge in [0.1, 0.15) is 5.75 Å². The van der Waals surface area contributed by atoms with Gasteiger partial charge in [0.25, 0.3) is 20.2 Å². The molecule has 1 unspecified atom stereocenters. The number of hydrogen-bond donors (Lipinski definition) is 5. The minimum atomic E-state index is -4.02. The van der Waals surface area contributed by atoms with Crippen molar-refractivity contribution in [2.24, 2.45) is 5.73 Å². The maximum Gasteiger partial charge on any atom is 0.267 e. The van der Waals surface area contributed by atoms with Crippen molar-refractivity contribution in [3.8, 4) is 0 Å². The summed E-state index contributed by atoms with van der Waals surface area (Å²) in [5, 5.41) is 17.5. The number of nitrogens with two attached hydrogens (primary N) is 1. The summed E-state index contributed by atoms with van der Waals surface area (Å²) in [6.07, 6.45) is -0.661. The summed E-state index contributed by atoms with van der Waals surface area (Å²) in [7, 11) is -7.86. The Balaban J connectivity index is 0.000000311. The summed E-state index contributed by atoms with van der Waals surface area (Å²) in [6.45, 7) is 8.01. The van der Waals surface area contributed by atoms with E-state index in [0.29, 0.717) is 32.7 Å². The molecule has 186 valence electrons. The van der Waals surface area contributed by atoms with Gasteiger partial charge in [0.2, 0.25) is 0 Å². The molecule has 0 aliphatic carbocycles. The molecule has 2 aliphatic heterocycles. The third-order valence-electron chi connectivity index (χ3n) is 5.22. The van der Waals surface area contributed by atoms with Crippen molar-refractivity contribution in [1.82, 2.24) is 19.6 Å². The van der Waals surface area contributed by atoms with Crippen LogP contribution in [0.15, 0.2) is 0 Å². The summed E-state index contributed by atoms with van der Waals surface area (Å²) in [5.41, 5.74) is 5.67. The van der Waals surface area contributed by atoms with Gasteiger partial charge in [-0.2, -0.15) is 16.8 Å². The molecule has 15 heteroatoms. The zero-order valence-corrected chi connectivity index (χ0v) is 19.4. The van der Waals surface area contributed by atoms with Crippen molar-refractivity contribution < 1.29 is 36.2 Å². The van der Waals surface area contributed by atoms with E-state index < -0.39 is 32.2 Å². The van der Waals surface area contributed by atoms with E-state index in [4.69, 9.17) is 25.1 Å². The van der Waals surface area contributed by atoms with Crippen LogP contribution in [-0.2, 0) is 20.2 Å². The van der Waals surface area contributed by atoms with Crippen LogP contribution in [0.25, 0.3) is 0 Å². The Hall–Kier alpha value is -0.460.